The van der Waals surface area contributed by atoms with Crippen LogP contribution in [0.4, 0.5) is 17.1 Å². The highest BCUT2D eigenvalue weighted by molar-refractivity contribution is 6.26. The summed E-state index contributed by atoms with van der Waals surface area (Å²) in [5.74, 6) is -4.10. The largest absolute Gasteiger partial charge is 0.361 e. The first-order chi connectivity index (χ1) is 39.6. The molecule has 0 aliphatic heterocycles. The van der Waals surface area contributed by atoms with Gasteiger partial charge in [0.25, 0.3) is 17.7 Å². The van der Waals surface area contributed by atoms with Gasteiger partial charge in [-0.2, -0.15) is 0 Å². The van der Waals surface area contributed by atoms with Crippen molar-refractivity contribution < 1.29 is 28.8 Å². The van der Waals surface area contributed by atoms with E-state index in [2.05, 4.69) is 30.9 Å². The van der Waals surface area contributed by atoms with E-state index in [1.54, 1.807) is 91.4 Å². The third-order valence-electron chi connectivity index (χ3n) is 15.5. The van der Waals surface area contributed by atoms with Crippen molar-refractivity contribution in [3.8, 4) is 0 Å². The molecule has 0 saturated heterocycles. The Kier molecular flexibility index (Phi) is 17.8. The number of fused-ring (bicyclic) bond motifs is 3. The lowest BCUT2D eigenvalue weighted by molar-refractivity contribution is -0.120. The number of benzene rings is 6. The van der Waals surface area contributed by atoms with Gasteiger partial charge in [-0.05, 0) is 167 Å². The molecule has 0 spiro atoms. The Morgan fingerprint density at radius 2 is 0.634 bits per heavy atom. The molecule has 82 heavy (non-hydrogen) atoms. The molecule has 0 bridgehead atoms. The fourth-order valence-corrected chi connectivity index (χ4v) is 10.8. The minimum absolute atomic E-state index is 0.0563. The van der Waals surface area contributed by atoms with Gasteiger partial charge in [0.2, 0.25) is 0 Å². The summed E-state index contributed by atoms with van der Waals surface area (Å²) in [6.07, 6.45) is 8.35. The van der Waals surface area contributed by atoms with E-state index in [1.165, 1.54) is 0 Å². The number of hydrogen-bond donors (Lipinski definition) is 12. The zero-order valence-electron chi connectivity index (χ0n) is 45.6. The smallest absolute Gasteiger partial charge is 0.252 e. The fraction of sp³-hybridized carbons (Fsp3) is 0.250. The molecule has 3 heterocycles. The number of H-pyrrole nitrogens is 3. The minimum Gasteiger partial charge on any atom is -0.361 e. The molecule has 0 fully saturated rings. The van der Waals surface area contributed by atoms with Crippen LogP contribution in [0.5, 0.6) is 0 Å². The van der Waals surface area contributed by atoms with Crippen LogP contribution in [-0.2, 0) is 14.4 Å². The summed E-state index contributed by atoms with van der Waals surface area (Å²) in [5, 5.41) is 11.2. The summed E-state index contributed by atoms with van der Waals surface area (Å²) in [6.45, 7) is 1.10. The second-order valence-electron chi connectivity index (χ2n) is 21.0. The Balaban J connectivity index is 1.01. The second-order valence-corrected chi connectivity index (χ2v) is 21.0. The third kappa shape index (κ3) is 11.9. The van der Waals surface area contributed by atoms with Crippen molar-refractivity contribution in [1.82, 2.24) is 15.0 Å². The molecule has 0 unspecified atom stereocenters. The summed E-state index contributed by atoms with van der Waals surface area (Å²) < 4.78 is 0. The quantitative estimate of drug-likeness (QED) is 0.0100. The zero-order chi connectivity index (χ0) is 58.0. The number of ketones is 3. The van der Waals surface area contributed by atoms with E-state index in [0.29, 0.717) is 108 Å². The van der Waals surface area contributed by atoms with Gasteiger partial charge in [0, 0.05) is 74.4 Å². The van der Waals surface area contributed by atoms with Crippen molar-refractivity contribution in [1.29, 1.82) is 0 Å². The summed E-state index contributed by atoms with van der Waals surface area (Å²) in [6, 6.07) is 42.8. The summed E-state index contributed by atoms with van der Waals surface area (Å²) in [5.41, 5.74) is 38.4. The lowest BCUT2D eigenvalue weighted by atomic mass is 9.83. The maximum atomic E-state index is 14.3. The number of aromatic amines is 3. The predicted molar refractivity (Wildman–Crippen MR) is 324 cm³/mol. The number of nitrogens with two attached hydrogens (primary N) is 6. The summed E-state index contributed by atoms with van der Waals surface area (Å²) in [7, 11) is 0. The van der Waals surface area contributed by atoms with Gasteiger partial charge in [-0.15, -0.1) is 0 Å². The molecular formula is C64H70N12O6. The van der Waals surface area contributed by atoms with Crippen LogP contribution in [0.1, 0.15) is 111 Å². The summed E-state index contributed by atoms with van der Waals surface area (Å²) in [4.78, 5) is 95.3. The van der Waals surface area contributed by atoms with E-state index in [-0.39, 0.29) is 19.3 Å². The number of Topliss-reactive ketones (excluding diaryl/α,β-unsaturated/α-hetero) is 3. The maximum absolute atomic E-state index is 14.3. The first-order valence-electron chi connectivity index (χ1n) is 27.7. The monoisotopic (exact) mass is 1100 g/mol. The van der Waals surface area contributed by atoms with Crippen LogP contribution in [0.3, 0.4) is 0 Å². The zero-order valence-corrected chi connectivity index (χ0v) is 45.6. The predicted octanol–water partition coefficient (Wildman–Crippen LogP) is 8.25. The Labute approximate surface area is 474 Å². The number of unbranched alkanes of at least 4 members (excludes halogenated alkanes) is 3. The number of nitrogens with one attached hydrogen (secondary N) is 6. The van der Waals surface area contributed by atoms with Crippen LogP contribution in [0.25, 0.3) is 32.7 Å². The van der Waals surface area contributed by atoms with Crippen molar-refractivity contribution >= 4 is 84.8 Å². The number of anilines is 3. The number of hydrogen-bond acceptors (Lipinski definition) is 12. The van der Waals surface area contributed by atoms with Gasteiger partial charge >= 0.3 is 0 Å². The van der Waals surface area contributed by atoms with Crippen molar-refractivity contribution in [2.24, 2.45) is 34.4 Å². The molecule has 9 aromatic rings. The molecule has 3 atom stereocenters. The highest BCUT2D eigenvalue weighted by Crippen LogP contribution is 2.36. The van der Waals surface area contributed by atoms with E-state index < -0.39 is 57.6 Å². The van der Waals surface area contributed by atoms with Crippen molar-refractivity contribution in [3.63, 3.8) is 0 Å². The van der Waals surface area contributed by atoms with Gasteiger partial charge in [-0.1, -0.05) is 72.8 Å². The van der Waals surface area contributed by atoms with Gasteiger partial charge in [0.1, 0.15) is 0 Å². The highest BCUT2D eigenvalue weighted by Gasteiger charge is 2.45. The molecular weight excluding hydrogens is 1030 g/mol. The van der Waals surface area contributed by atoms with Gasteiger partial charge < -0.3 is 65.3 Å². The average molecular weight is 1100 g/mol. The van der Waals surface area contributed by atoms with Gasteiger partial charge in [0.15, 0.2) is 34.0 Å². The Bertz CT molecular complexity index is 3370. The van der Waals surface area contributed by atoms with Crippen LogP contribution in [-0.4, -0.2) is 86.3 Å². The average Bonchev–Trinajstić information content (AvgIpc) is 4.46. The molecule has 3 aromatic heterocycles. The number of para-hydroxylation sites is 3. The molecule has 0 aliphatic carbocycles. The normalized spacial score (nSPS) is 13.8. The van der Waals surface area contributed by atoms with Crippen LogP contribution in [0, 0.1) is 0 Å². The molecule has 3 amide bonds. The minimum atomic E-state index is -1.93. The molecule has 9 rings (SSSR count). The number of amides is 3. The summed E-state index contributed by atoms with van der Waals surface area (Å²) >= 11 is 0. The van der Waals surface area contributed by atoms with E-state index in [4.69, 9.17) is 34.4 Å². The highest BCUT2D eigenvalue weighted by atomic mass is 16.2. The van der Waals surface area contributed by atoms with Crippen molar-refractivity contribution in [3.05, 3.63) is 198 Å². The second kappa shape index (κ2) is 25.3. The number of aromatic nitrogens is 3. The molecule has 0 aliphatic rings. The van der Waals surface area contributed by atoms with Crippen LogP contribution in [0.15, 0.2) is 164 Å². The Hall–Kier alpha value is -8.88. The van der Waals surface area contributed by atoms with E-state index >= 15 is 0 Å². The lowest BCUT2D eigenvalue weighted by Gasteiger charge is -2.28. The Morgan fingerprint density at radius 1 is 0.366 bits per heavy atom. The standard InChI is InChI=1S/C64H70N12O6/c65-34-4-1-31-62(68,56(77)49-13-7-10-43-28-37-71-53(43)49)59(80)74-46-22-16-40(17-23-46)52(41-18-24-47(25-19-41)75-60(81)63(69,32-2-5-35-66)57(78)50-14-8-11-44-29-38-72-54(44)50)42-20-26-48(27-21-42)76-61(82)64(70,33-3-6-36-67)58(79)51-15-9-12-45-30-39-73-55(45)51/h7-30,37-39,52,71-73H,1-6,31-36,65-70H2,(H,74,80)(H,75,81)(H,76,82)/t62-,63-,64-/m0/s1. The molecule has 18 heteroatoms. The Morgan fingerprint density at radius 3 is 0.890 bits per heavy atom. The van der Waals surface area contributed by atoms with Gasteiger partial charge in [-0.25, -0.2) is 0 Å². The SMILES string of the molecule is NCCCC[C@@](N)(C(=O)Nc1ccc(C(c2ccc(NC(=O)[C@](N)(CCCCN)C(=O)c3cccc4cc[nH]c34)cc2)c2ccc(NC(=O)[C@](N)(CCCCN)C(=O)c3cccc4cc[nH]c34)cc2)cc1)C(=O)c1cccc2cc[nH]c12. The first kappa shape index (κ1) is 57.8. The first-order valence-corrected chi connectivity index (χ1v) is 27.7. The molecule has 0 radical (unpaired) electrons. The van der Waals surface area contributed by atoms with E-state index in [0.717, 1.165) is 32.8 Å². The third-order valence-corrected chi connectivity index (χ3v) is 15.5. The van der Waals surface area contributed by atoms with E-state index in [1.807, 2.05) is 72.8 Å². The van der Waals surface area contributed by atoms with E-state index in [9.17, 15) is 28.8 Å². The number of carbonyl (C=O) groups excluding carboxylic acids is 6. The maximum Gasteiger partial charge on any atom is 0.252 e. The lowest BCUT2D eigenvalue weighted by Crippen LogP contribution is -2.57. The molecule has 6 aromatic carbocycles. The molecule has 422 valence electrons. The van der Waals surface area contributed by atoms with Crippen LogP contribution in [0.2, 0.25) is 0 Å². The fourth-order valence-electron chi connectivity index (χ4n) is 10.8. The molecule has 18 nitrogen and oxygen atoms in total. The molecule has 18 N–H and O–H groups in total. The van der Waals surface area contributed by atoms with Crippen LogP contribution >= 0.6 is 0 Å². The number of rotatable bonds is 27. The molecule has 0 saturated carbocycles. The van der Waals surface area contributed by atoms with Gasteiger partial charge in [-0.3, -0.25) is 28.8 Å². The van der Waals surface area contributed by atoms with Gasteiger partial charge in [0.05, 0.1) is 16.6 Å². The van der Waals surface area contributed by atoms with Crippen molar-refractivity contribution in [2.45, 2.75) is 80.3 Å². The van der Waals surface area contributed by atoms with Crippen molar-refractivity contribution in [2.75, 3.05) is 35.6 Å². The topological polar surface area (TPSA) is 342 Å². The number of carbonyl (C=O) groups is 6. The van der Waals surface area contributed by atoms with Crippen LogP contribution < -0.4 is 50.4 Å².